The third kappa shape index (κ3) is 1.93. The summed E-state index contributed by atoms with van der Waals surface area (Å²) < 4.78 is 0.889. The van der Waals surface area contributed by atoms with Crippen LogP contribution in [0.25, 0.3) is 0 Å². The first kappa shape index (κ1) is 9.99. The highest BCUT2D eigenvalue weighted by Gasteiger charge is 2.23. The van der Waals surface area contributed by atoms with E-state index in [1.54, 1.807) is 0 Å². The fourth-order valence-corrected chi connectivity index (χ4v) is 2.04. The zero-order valence-electron chi connectivity index (χ0n) is 7.39. The van der Waals surface area contributed by atoms with Gasteiger partial charge >= 0.3 is 0 Å². The van der Waals surface area contributed by atoms with Crippen LogP contribution in [0.4, 0.5) is 0 Å². The third-order valence-electron chi connectivity index (χ3n) is 2.39. The second-order valence-electron chi connectivity index (χ2n) is 3.38. The molecule has 1 fully saturated rings. The van der Waals surface area contributed by atoms with Crippen molar-refractivity contribution in [2.24, 2.45) is 0 Å². The molecular weight excluding hydrogens is 265 g/mol. The molecule has 1 aromatic rings. The number of carbonyl (C=O) groups is 1. The van der Waals surface area contributed by atoms with E-state index in [0.717, 1.165) is 16.6 Å². The summed E-state index contributed by atoms with van der Waals surface area (Å²) >= 11 is 9.31. The molecule has 1 aliphatic rings. The van der Waals surface area contributed by atoms with E-state index in [9.17, 15) is 4.79 Å². The molecule has 0 spiro atoms. The van der Waals surface area contributed by atoms with Gasteiger partial charge in [-0.2, -0.15) is 0 Å². The highest BCUT2D eigenvalue weighted by Crippen LogP contribution is 2.29. The number of amides is 1. The summed E-state index contributed by atoms with van der Waals surface area (Å²) in [6.07, 6.45) is 0.567. The van der Waals surface area contributed by atoms with Crippen LogP contribution in [0.3, 0.4) is 0 Å². The van der Waals surface area contributed by atoms with Gasteiger partial charge in [-0.3, -0.25) is 4.79 Å². The Morgan fingerprint density at radius 1 is 1.50 bits per heavy atom. The number of benzene rings is 1. The first-order chi connectivity index (χ1) is 6.66. The monoisotopic (exact) mass is 273 g/mol. The van der Waals surface area contributed by atoms with Crippen molar-refractivity contribution >= 4 is 33.4 Å². The molecule has 1 amide bonds. The molecule has 0 aliphatic carbocycles. The lowest BCUT2D eigenvalue weighted by Gasteiger charge is -2.08. The zero-order valence-corrected chi connectivity index (χ0v) is 9.73. The van der Waals surface area contributed by atoms with Gasteiger partial charge in [-0.15, -0.1) is 0 Å². The molecule has 1 aliphatic heterocycles. The second-order valence-corrected chi connectivity index (χ2v) is 4.64. The number of carbonyl (C=O) groups excluding carboxylic acids is 1. The molecule has 1 unspecified atom stereocenters. The van der Waals surface area contributed by atoms with E-state index in [2.05, 4.69) is 21.2 Å². The van der Waals surface area contributed by atoms with Crippen LogP contribution in [0.5, 0.6) is 0 Å². The van der Waals surface area contributed by atoms with Gasteiger partial charge in [-0.05, 0) is 33.6 Å². The van der Waals surface area contributed by atoms with Crippen molar-refractivity contribution in [3.8, 4) is 0 Å². The molecule has 2 nitrogen and oxygen atoms in total. The van der Waals surface area contributed by atoms with Crippen molar-refractivity contribution in [2.45, 2.75) is 12.3 Å². The van der Waals surface area contributed by atoms with Crippen LogP contribution >= 0.6 is 27.5 Å². The summed E-state index contributed by atoms with van der Waals surface area (Å²) in [6.45, 7) is 0.719. The van der Waals surface area contributed by atoms with Gasteiger partial charge in [0.05, 0.1) is 5.02 Å². The lowest BCUT2D eigenvalue weighted by molar-refractivity contribution is -0.119. The number of halogens is 2. The van der Waals surface area contributed by atoms with Gasteiger partial charge in [0.15, 0.2) is 0 Å². The summed E-state index contributed by atoms with van der Waals surface area (Å²) in [5.41, 5.74) is 1.12. The van der Waals surface area contributed by atoms with Crippen LogP contribution < -0.4 is 5.32 Å². The van der Waals surface area contributed by atoms with Crippen molar-refractivity contribution < 1.29 is 4.79 Å². The Bertz CT molecular complexity index is 380. The van der Waals surface area contributed by atoms with E-state index < -0.39 is 0 Å². The van der Waals surface area contributed by atoms with Crippen LogP contribution in [0.2, 0.25) is 5.02 Å². The normalized spacial score (nSPS) is 21.0. The van der Waals surface area contributed by atoms with Crippen molar-refractivity contribution in [3.63, 3.8) is 0 Å². The fraction of sp³-hybridized carbons (Fsp3) is 0.300. The number of hydrogen-bond acceptors (Lipinski definition) is 1. The Kier molecular flexibility index (Phi) is 2.79. The number of hydrogen-bond donors (Lipinski definition) is 1. The molecule has 0 bridgehead atoms. The molecule has 0 aromatic heterocycles. The highest BCUT2D eigenvalue weighted by molar-refractivity contribution is 9.10. The molecule has 0 radical (unpaired) electrons. The summed E-state index contributed by atoms with van der Waals surface area (Å²) in [4.78, 5) is 11.0. The van der Waals surface area contributed by atoms with E-state index in [1.807, 2.05) is 18.2 Å². The molecule has 2 rings (SSSR count). The van der Waals surface area contributed by atoms with Crippen LogP contribution in [-0.2, 0) is 4.79 Å². The zero-order chi connectivity index (χ0) is 10.1. The number of rotatable bonds is 1. The maximum atomic E-state index is 11.0. The lowest BCUT2D eigenvalue weighted by Crippen LogP contribution is -2.13. The average molecular weight is 275 g/mol. The standard InChI is InChI=1S/C10H9BrClNO/c11-8-2-1-6(3-9(8)12)7-4-10(14)13-5-7/h1-3,7H,4-5H2,(H,13,14). The predicted octanol–water partition coefficient (Wildman–Crippen LogP) is 2.71. The van der Waals surface area contributed by atoms with Gasteiger partial charge in [0, 0.05) is 23.4 Å². The predicted molar refractivity (Wildman–Crippen MR) is 59.5 cm³/mol. The van der Waals surface area contributed by atoms with E-state index in [1.165, 1.54) is 0 Å². The minimum atomic E-state index is 0.119. The summed E-state index contributed by atoms with van der Waals surface area (Å²) in [5.74, 6) is 0.391. The van der Waals surface area contributed by atoms with E-state index >= 15 is 0 Å². The van der Waals surface area contributed by atoms with Crippen molar-refractivity contribution in [2.75, 3.05) is 6.54 Å². The average Bonchev–Trinajstić information content (AvgIpc) is 2.57. The van der Waals surface area contributed by atoms with Gasteiger partial charge < -0.3 is 5.32 Å². The maximum Gasteiger partial charge on any atom is 0.220 e. The van der Waals surface area contributed by atoms with Crippen molar-refractivity contribution in [1.82, 2.24) is 5.32 Å². The minimum Gasteiger partial charge on any atom is -0.355 e. The Morgan fingerprint density at radius 3 is 2.86 bits per heavy atom. The van der Waals surface area contributed by atoms with Gasteiger partial charge in [0.2, 0.25) is 5.91 Å². The molecule has 0 saturated carbocycles. The quantitative estimate of drug-likeness (QED) is 0.838. The molecule has 1 atom stereocenters. The Balaban J connectivity index is 2.24. The Labute approximate surface area is 95.8 Å². The minimum absolute atomic E-state index is 0.119. The van der Waals surface area contributed by atoms with Crippen LogP contribution in [0.15, 0.2) is 22.7 Å². The largest absolute Gasteiger partial charge is 0.355 e. The van der Waals surface area contributed by atoms with Crippen molar-refractivity contribution in [1.29, 1.82) is 0 Å². The van der Waals surface area contributed by atoms with Crippen LogP contribution in [-0.4, -0.2) is 12.5 Å². The lowest BCUT2D eigenvalue weighted by atomic mass is 9.98. The van der Waals surface area contributed by atoms with Gasteiger partial charge in [0.1, 0.15) is 0 Å². The number of nitrogens with one attached hydrogen (secondary N) is 1. The van der Waals surface area contributed by atoms with Gasteiger partial charge in [-0.1, -0.05) is 17.7 Å². The fourth-order valence-electron chi connectivity index (χ4n) is 1.61. The first-order valence-corrected chi connectivity index (χ1v) is 5.55. The van der Waals surface area contributed by atoms with Crippen LogP contribution in [0.1, 0.15) is 17.9 Å². The van der Waals surface area contributed by atoms with E-state index in [0.29, 0.717) is 11.4 Å². The third-order valence-corrected chi connectivity index (χ3v) is 3.62. The van der Waals surface area contributed by atoms with E-state index in [-0.39, 0.29) is 11.8 Å². The topological polar surface area (TPSA) is 29.1 Å². The molecule has 1 N–H and O–H groups in total. The first-order valence-electron chi connectivity index (χ1n) is 4.38. The molecular formula is C10H9BrClNO. The van der Waals surface area contributed by atoms with Gasteiger partial charge in [0.25, 0.3) is 0 Å². The SMILES string of the molecule is O=C1CC(c2ccc(Br)c(Cl)c2)CN1. The smallest absolute Gasteiger partial charge is 0.220 e. The van der Waals surface area contributed by atoms with Crippen molar-refractivity contribution in [3.05, 3.63) is 33.3 Å². The van der Waals surface area contributed by atoms with Gasteiger partial charge in [-0.25, -0.2) is 0 Å². The maximum absolute atomic E-state index is 11.0. The molecule has 1 heterocycles. The Morgan fingerprint density at radius 2 is 2.29 bits per heavy atom. The Hall–Kier alpha value is -0.540. The summed E-state index contributed by atoms with van der Waals surface area (Å²) in [7, 11) is 0. The highest BCUT2D eigenvalue weighted by atomic mass is 79.9. The molecule has 4 heteroatoms. The molecule has 1 saturated heterocycles. The van der Waals surface area contributed by atoms with E-state index in [4.69, 9.17) is 11.6 Å². The molecule has 74 valence electrons. The molecule has 1 aromatic carbocycles. The van der Waals surface area contributed by atoms with Crippen LogP contribution in [0, 0.1) is 0 Å². The summed E-state index contributed by atoms with van der Waals surface area (Å²) in [6, 6.07) is 5.83. The summed E-state index contributed by atoms with van der Waals surface area (Å²) in [5, 5.41) is 3.50. The molecule has 14 heavy (non-hydrogen) atoms. The second kappa shape index (κ2) is 3.91.